The van der Waals surface area contributed by atoms with Crippen LogP contribution in [-0.2, 0) is 12.4 Å². The van der Waals surface area contributed by atoms with E-state index in [9.17, 15) is 26.3 Å². The zero-order valence-corrected chi connectivity index (χ0v) is 10.0. The number of hydrogen-bond donors (Lipinski definition) is 2. The van der Waals surface area contributed by atoms with E-state index in [1.54, 1.807) is 5.43 Å². The Kier molecular flexibility index (Phi) is 6.87. The smallest absolute Gasteiger partial charge is 0.324 e. The van der Waals surface area contributed by atoms with Gasteiger partial charge in [-0.15, -0.1) is 24.8 Å². The number of nitrogens with one attached hydrogen (secondary N) is 1. The van der Waals surface area contributed by atoms with Crippen LogP contribution in [0.15, 0.2) is 18.2 Å². The van der Waals surface area contributed by atoms with Crippen molar-refractivity contribution < 1.29 is 26.3 Å². The predicted molar refractivity (Wildman–Crippen MR) is 58.8 cm³/mol. The summed E-state index contributed by atoms with van der Waals surface area (Å²) in [7, 11) is 0. The van der Waals surface area contributed by atoms with Crippen molar-refractivity contribution in [3.8, 4) is 0 Å². The third-order valence-corrected chi connectivity index (χ3v) is 1.75. The maximum absolute atomic E-state index is 12.2. The molecule has 0 heterocycles. The molecule has 0 atom stereocenters. The summed E-state index contributed by atoms with van der Waals surface area (Å²) in [4.78, 5) is 0. The fourth-order valence-electron chi connectivity index (χ4n) is 1.04. The molecule has 0 unspecified atom stereocenters. The Balaban J connectivity index is 0. The fourth-order valence-corrected chi connectivity index (χ4v) is 1.04. The van der Waals surface area contributed by atoms with Gasteiger partial charge < -0.3 is 5.43 Å². The van der Waals surface area contributed by atoms with E-state index >= 15 is 0 Å². The van der Waals surface area contributed by atoms with Crippen LogP contribution in [0.4, 0.5) is 32.0 Å². The van der Waals surface area contributed by atoms with Gasteiger partial charge in [0.1, 0.15) is 0 Å². The fraction of sp³-hybridized carbons (Fsp3) is 0.250. The van der Waals surface area contributed by atoms with Gasteiger partial charge in [0.2, 0.25) is 0 Å². The Morgan fingerprint density at radius 3 is 1.33 bits per heavy atom. The van der Waals surface area contributed by atoms with Crippen LogP contribution < -0.4 is 11.3 Å². The van der Waals surface area contributed by atoms with E-state index in [1.807, 2.05) is 0 Å². The number of anilines is 1. The summed E-state index contributed by atoms with van der Waals surface area (Å²) < 4.78 is 73.4. The summed E-state index contributed by atoms with van der Waals surface area (Å²) in [6, 6.07) is 1.02. The molecule has 0 spiro atoms. The molecule has 1 aromatic carbocycles. The third-order valence-electron chi connectivity index (χ3n) is 1.75. The zero-order chi connectivity index (χ0) is 12.6. The molecule has 106 valence electrons. The summed E-state index contributed by atoms with van der Waals surface area (Å²) >= 11 is 0. The second-order valence-electron chi connectivity index (χ2n) is 2.94. The van der Waals surface area contributed by atoms with Crippen molar-refractivity contribution in [1.29, 1.82) is 0 Å². The Morgan fingerprint density at radius 1 is 0.778 bits per heavy atom. The molecule has 10 heteroatoms. The highest BCUT2D eigenvalue weighted by molar-refractivity contribution is 5.85. The molecule has 0 saturated carbocycles. The molecule has 18 heavy (non-hydrogen) atoms. The topological polar surface area (TPSA) is 38.0 Å². The average Bonchev–Trinajstić information content (AvgIpc) is 2.14. The van der Waals surface area contributed by atoms with Gasteiger partial charge in [-0.05, 0) is 18.2 Å². The van der Waals surface area contributed by atoms with E-state index in [0.29, 0.717) is 12.1 Å². The first-order valence-corrected chi connectivity index (χ1v) is 3.90. The van der Waals surface area contributed by atoms with E-state index < -0.39 is 29.2 Å². The highest BCUT2D eigenvalue weighted by Crippen LogP contribution is 2.37. The van der Waals surface area contributed by atoms with E-state index in [4.69, 9.17) is 5.84 Å². The van der Waals surface area contributed by atoms with Gasteiger partial charge in [0.05, 0.1) is 11.1 Å². The van der Waals surface area contributed by atoms with Gasteiger partial charge in [-0.1, -0.05) is 0 Å². The van der Waals surface area contributed by atoms with Crippen LogP contribution in [0.5, 0.6) is 0 Å². The first-order valence-electron chi connectivity index (χ1n) is 3.90. The number of hydrogen-bond acceptors (Lipinski definition) is 2. The molecule has 1 rings (SSSR count). The molecule has 3 N–H and O–H groups in total. The molecule has 0 aliphatic carbocycles. The second-order valence-corrected chi connectivity index (χ2v) is 2.94. The Hall–Kier alpha value is -0.860. The molecule has 1 aromatic rings. The van der Waals surface area contributed by atoms with Crippen LogP contribution in [0.2, 0.25) is 0 Å². The SMILES string of the molecule is Cl.Cl.NNc1cc(C(F)(F)F)cc(C(F)(F)F)c1. The van der Waals surface area contributed by atoms with Crippen molar-refractivity contribution in [2.24, 2.45) is 5.84 Å². The highest BCUT2D eigenvalue weighted by atomic mass is 35.5. The quantitative estimate of drug-likeness (QED) is 0.469. The van der Waals surface area contributed by atoms with Gasteiger partial charge in [-0.25, -0.2) is 0 Å². The third kappa shape index (κ3) is 4.79. The van der Waals surface area contributed by atoms with E-state index in [-0.39, 0.29) is 30.9 Å². The van der Waals surface area contributed by atoms with Crippen molar-refractivity contribution in [1.82, 2.24) is 0 Å². The summed E-state index contributed by atoms with van der Waals surface area (Å²) in [5, 5.41) is 0. The molecule has 0 radical (unpaired) electrons. The minimum absolute atomic E-state index is 0. The molecule has 2 nitrogen and oxygen atoms in total. The lowest BCUT2D eigenvalue weighted by molar-refractivity contribution is -0.143. The molecule has 0 bridgehead atoms. The zero-order valence-electron chi connectivity index (χ0n) is 8.39. The standard InChI is InChI=1S/C8H6F6N2.2ClH/c9-7(10,11)4-1-5(8(12,13)14)3-6(2-4)16-15;;/h1-3,16H,15H2;2*1H. The van der Waals surface area contributed by atoms with Crippen LogP contribution in [0.3, 0.4) is 0 Å². The molecule has 0 fully saturated rings. The largest absolute Gasteiger partial charge is 0.416 e. The number of halogens is 8. The molecule has 0 saturated heterocycles. The van der Waals surface area contributed by atoms with Crippen LogP contribution in [-0.4, -0.2) is 0 Å². The average molecular weight is 317 g/mol. The Bertz CT molecular complexity index is 358. The molecule has 0 amide bonds. The summed E-state index contributed by atoms with van der Waals surface area (Å²) in [6.07, 6.45) is -9.71. The van der Waals surface area contributed by atoms with Crippen molar-refractivity contribution in [3.05, 3.63) is 29.3 Å². The first-order chi connectivity index (χ1) is 7.14. The van der Waals surface area contributed by atoms with E-state index in [1.165, 1.54) is 0 Å². The highest BCUT2D eigenvalue weighted by Gasteiger charge is 2.36. The van der Waals surface area contributed by atoms with Gasteiger partial charge in [0.15, 0.2) is 0 Å². The van der Waals surface area contributed by atoms with Crippen LogP contribution in [0, 0.1) is 0 Å². The van der Waals surface area contributed by atoms with Gasteiger partial charge in [-0.3, -0.25) is 5.84 Å². The predicted octanol–water partition coefficient (Wildman–Crippen LogP) is 3.85. The van der Waals surface area contributed by atoms with Crippen molar-refractivity contribution in [3.63, 3.8) is 0 Å². The molecule has 0 aliphatic heterocycles. The Morgan fingerprint density at radius 2 is 1.11 bits per heavy atom. The van der Waals surface area contributed by atoms with Crippen molar-refractivity contribution in [2.45, 2.75) is 12.4 Å². The minimum atomic E-state index is -4.85. The monoisotopic (exact) mass is 316 g/mol. The summed E-state index contributed by atoms with van der Waals surface area (Å²) in [5.74, 6) is 4.79. The van der Waals surface area contributed by atoms with Crippen molar-refractivity contribution >= 4 is 30.5 Å². The summed E-state index contributed by atoms with van der Waals surface area (Å²) in [6.45, 7) is 0. The number of rotatable bonds is 1. The van der Waals surface area contributed by atoms with E-state index in [2.05, 4.69) is 0 Å². The van der Waals surface area contributed by atoms with Crippen molar-refractivity contribution in [2.75, 3.05) is 5.43 Å². The van der Waals surface area contributed by atoms with Crippen LogP contribution >= 0.6 is 24.8 Å². The van der Waals surface area contributed by atoms with Gasteiger partial charge >= 0.3 is 12.4 Å². The van der Waals surface area contributed by atoms with Gasteiger partial charge in [0, 0.05) is 5.69 Å². The first kappa shape index (κ1) is 19.5. The molecule has 0 aromatic heterocycles. The van der Waals surface area contributed by atoms with Gasteiger partial charge in [-0.2, -0.15) is 26.3 Å². The Labute approximate surface area is 110 Å². The number of nitrogen functional groups attached to an aromatic ring is 1. The lowest BCUT2D eigenvalue weighted by Crippen LogP contribution is -2.14. The molecule has 0 aliphatic rings. The molecular formula is C8H8Cl2F6N2. The summed E-state index contributed by atoms with van der Waals surface area (Å²) in [5.41, 5.74) is -1.52. The van der Waals surface area contributed by atoms with Crippen LogP contribution in [0.25, 0.3) is 0 Å². The number of alkyl halides is 6. The van der Waals surface area contributed by atoms with Crippen LogP contribution in [0.1, 0.15) is 11.1 Å². The maximum Gasteiger partial charge on any atom is 0.416 e. The second kappa shape index (κ2) is 6.35. The minimum Gasteiger partial charge on any atom is -0.324 e. The lowest BCUT2D eigenvalue weighted by Gasteiger charge is -2.13. The molecular weight excluding hydrogens is 309 g/mol. The number of nitrogens with two attached hydrogens (primary N) is 1. The number of hydrazine groups is 1. The van der Waals surface area contributed by atoms with E-state index in [0.717, 1.165) is 0 Å². The normalized spacial score (nSPS) is 11.3. The van der Waals surface area contributed by atoms with Gasteiger partial charge in [0.25, 0.3) is 0 Å². The lowest BCUT2D eigenvalue weighted by atomic mass is 10.1. The number of benzene rings is 1. The maximum atomic E-state index is 12.2.